The number of amides is 2. The molecule has 0 spiro atoms. The lowest BCUT2D eigenvalue weighted by Crippen LogP contribution is -2.38. The number of carbonyl (C=O) groups is 1. The molecule has 2 amide bonds. The van der Waals surface area contributed by atoms with Crippen LogP contribution in [0, 0.1) is 0 Å². The summed E-state index contributed by atoms with van der Waals surface area (Å²) in [4.78, 5) is 11.7. The predicted molar refractivity (Wildman–Crippen MR) is 86.7 cm³/mol. The molecule has 0 fully saturated rings. The minimum absolute atomic E-state index is 0.113. The van der Waals surface area contributed by atoms with Crippen molar-refractivity contribution in [2.45, 2.75) is 44.2 Å². The van der Waals surface area contributed by atoms with Crippen LogP contribution in [0.1, 0.15) is 33.3 Å². The lowest BCUT2D eigenvalue weighted by molar-refractivity contribution is 0.229. The van der Waals surface area contributed by atoms with Gasteiger partial charge in [-0.15, -0.1) is 0 Å². The molecular formula is C15H24N2O3S. The zero-order valence-electron chi connectivity index (χ0n) is 13.0. The number of aliphatic hydroxyl groups is 1. The van der Waals surface area contributed by atoms with Crippen molar-refractivity contribution in [3.63, 3.8) is 0 Å². The zero-order chi connectivity index (χ0) is 16.0. The summed E-state index contributed by atoms with van der Waals surface area (Å²) in [5, 5.41) is 14.2. The minimum atomic E-state index is -0.981. The number of nitrogens with one attached hydrogen (secondary N) is 2. The van der Waals surface area contributed by atoms with Crippen molar-refractivity contribution in [1.29, 1.82) is 0 Å². The first-order valence-electron chi connectivity index (χ1n) is 6.88. The Labute approximate surface area is 128 Å². The van der Waals surface area contributed by atoms with Crippen molar-refractivity contribution in [3.8, 4) is 0 Å². The molecule has 5 nitrogen and oxygen atoms in total. The molecule has 0 saturated carbocycles. The van der Waals surface area contributed by atoms with E-state index in [4.69, 9.17) is 5.11 Å². The number of benzene rings is 1. The number of urea groups is 1. The third-order valence-electron chi connectivity index (χ3n) is 2.82. The van der Waals surface area contributed by atoms with Gasteiger partial charge in [0.05, 0.1) is 12.6 Å². The highest BCUT2D eigenvalue weighted by molar-refractivity contribution is 7.85. The fraction of sp³-hybridized carbons (Fsp3) is 0.533. The molecule has 0 bridgehead atoms. The van der Waals surface area contributed by atoms with Crippen LogP contribution in [0.5, 0.6) is 0 Å². The van der Waals surface area contributed by atoms with Crippen LogP contribution in [0.4, 0.5) is 10.5 Å². The van der Waals surface area contributed by atoms with Gasteiger partial charge in [0.2, 0.25) is 0 Å². The van der Waals surface area contributed by atoms with Gasteiger partial charge in [-0.3, -0.25) is 4.21 Å². The van der Waals surface area contributed by atoms with Crippen molar-refractivity contribution in [1.82, 2.24) is 5.32 Å². The van der Waals surface area contributed by atoms with Crippen LogP contribution in [-0.2, 0) is 16.6 Å². The molecule has 1 aromatic carbocycles. The second kappa shape index (κ2) is 7.56. The van der Waals surface area contributed by atoms with Gasteiger partial charge in [-0.05, 0) is 45.4 Å². The lowest BCUT2D eigenvalue weighted by atomic mass is 10.2. The molecule has 1 unspecified atom stereocenters. The van der Waals surface area contributed by atoms with E-state index in [1.165, 1.54) is 0 Å². The summed E-state index contributed by atoms with van der Waals surface area (Å²) in [7, 11) is -0.981. The summed E-state index contributed by atoms with van der Waals surface area (Å²) in [6, 6.07) is 6.62. The average molecular weight is 312 g/mol. The maximum Gasteiger partial charge on any atom is 0.319 e. The van der Waals surface area contributed by atoms with E-state index in [0.29, 0.717) is 11.4 Å². The van der Waals surface area contributed by atoms with Crippen LogP contribution in [0.15, 0.2) is 24.3 Å². The Morgan fingerprint density at radius 1 is 1.38 bits per heavy atom. The molecule has 1 aromatic rings. The van der Waals surface area contributed by atoms with Gasteiger partial charge in [0, 0.05) is 27.0 Å². The van der Waals surface area contributed by atoms with Crippen LogP contribution < -0.4 is 10.6 Å². The number of hydrogen-bond donors (Lipinski definition) is 3. The quantitative estimate of drug-likeness (QED) is 0.780. The molecule has 118 valence electrons. The molecule has 1 rings (SSSR count). The maximum atomic E-state index is 12.1. The molecular weight excluding hydrogens is 288 g/mol. The summed E-state index contributed by atoms with van der Waals surface area (Å²) in [6.07, 6.45) is 0. The first-order valence-corrected chi connectivity index (χ1v) is 8.20. The van der Waals surface area contributed by atoms with Crippen molar-refractivity contribution in [2.75, 3.05) is 11.9 Å². The van der Waals surface area contributed by atoms with Gasteiger partial charge < -0.3 is 15.7 Å². The Hall–Kier alpha value is -1.40. The Bertz CT molecular complexity index is 512. The van der Waals surface area contributed by atoms with Crippen molar-refractivity contribution < 1.29 is 14.1 Å². The van der Waals surface area contributed by atoms with Gasteiger partial charge >= 0.3 is 6.03 Å². The van der Waals surface area contributed by atoms with E-state index in [-0.39, 0.29) is 23.4 Å². The van der Waals surface area contributed by atoms with Gasteiger partial charge in [-0.25, -0.2) is 4.79 Å². The molecule has 0 aliphatic carbocycles. The highest BCUT2D eigenvalue weighted by atomic mass is 32.2. The molecule has 6 heteroatoms. The number of carbonyl (C=O) groups excluding carboxylic acids is 1. The zero-order valence-corrected chi connectivity index (χ0v) is 13.8. The van der Waals surface area contributed by atoms with Crippen LogP contribution >= 0.6 is 0 Å². The number of hydrogen-bond acceptors (Lipinski definition) is 3. The van der Waals surface area contributed by atoms with Gasteiger partial charge in [-0.2, -0.15) is 0 Å². The van der Waals surface area contributed by atoms with Gasteiger partial charge in [0.25, 0.3) is 0 Å². The lowest BCUT2D eigenvalue weighted by Gasteiger charge is -2.18. The van der Waals surface area contributed by atoms with Crippen molar-refractivity contribution >= 4 is 22.5 Å². The smallest absolute Gasteiger partial charge is 0.319 e. The predicted octanol–water partition coefficient (Wildman–Crippen LogP) is 2.24. The molecule has 0 heterocycles. The van der Waals surface area contributed by atoms with Crippen molar-refractivity contribution in [2.24, 2.45) is 0 Å². The largest absolute Gasteiger partial charge is 0.394 e. The molecule has 21 heavy (non-hydrogen) atoms. The van der Waals surface area contributed by atoms with E-state index in [1.54, 1.807) is 13.0 Å². The van der Waals surface area contributed by atoms with E-state index in [2.05, 4.69) is 10.6 Å². The van der Waals surface area contributed by atoms with E-state index >= 15 is 0 Å². The number of anilines is 1. The molecule has 2 atom stereocenters. The molecule has 0 aromatic heterocycles. The van der Waals surface area contributed by atoms with Crippen LogP contribution in [-0.4, -0.2) is 32.7 Å². The monoisotopic (exact) mass is 312 g/mol. The standard InChI is InChI=1S/C15H24N2O3S/c1-11(9-18)16-14(19)17-13-7-5-6-12(8-13)10-21(20)15(2,3)4/h5-8,11,18H,9-10H2,1-4H3,(H2,16,17,19)/t11-,21?/m0/s1. The minimum Gasteiger partial charge on any atom is -0.394 e. The van der Waals surface area contributed by atoms with E-state index in [9.17, 15) is 9.00 Å². The summed E-state index contributed by atoms with van der Waals surface area (Å²) in [5.74, 6) is 0.452. The van der Waals surface area contributed by atoms with Crippen LogP contribution in [0.2, 0.25) is 0 Å². The summed E-state index contributed by atoms with van der Waals surface area (Å²) in [5.41, 5.74) is 1.55. The summed E-state index contributed by atoms with van der Waals surface area (Å²) in [6.45, 7) is 7.42. The van der Waals surface area contributed by atoms with E-state index in [0.717, 1.165) is 5.56 Å². The Kier molecular flexibility index (Phi) is 6.36. The normalized spacial score (nSPS) is 14.3. The maximum absolute atomic E-state index is 12.1. The fourth-order valence-electron chi connectivity index (χ4n) is 1.54. The number of aliphatic hydroxyl groups excluding tert-OH is 1. The topological polar surface area (TPSA) is 78.4 Å². The Morgan fingerprint density at radius 3 is 2.62 bits per heavy atom. The highest BCUT2D eigenvalue weighted by Gasteiger charge is 2.19. The number of rotatable bonds is 5. The first kappa shape index (κ1) is 17.7. The van der Waals surface area contributed by atoms with E-state index in [1.807, 2.05) is 39.0 Å². The summed E-state index contributed by atoms with van der Waals surface area (Å²) >= 11 is 0. The SMILES string of the molecule is C[C@@H](CO)NC(=O)Nc1cccc(CS(=O)C(C)(C)C)c1. The molecule has 0 saturated heterocycles. The Balaban J connectivity index is 2.68. The third-order valence-corrected chi connectivity index (χ3v) is 4.78. The van der Waals surface area contributed by atoms with Gasteiger partial charge in [-0.1, -0.05) is 12.1 Å². The molecule has 0 aliphatic heterocycles. The molecule has 0 aliphatic rings. The van der Waals surface area contributed by atoms with E-state index < -0.39 is 10.8 Å². The van der Waals surface area contributed by atoms with Gasteiger partial charge in [0.15, 0.2) is 0 Å². The Morgan fingerprint density at radius 2 is 2.05 bits per heavy atom. The van der Waals surface area contributed by atoms with Crippen molar-refractivity contribution in [3.05, 3.63) is 29.8 Å². The fourth-order valence-corrected chi connectivity index (χ4v) is 2.46. The van der Waals surface area contributed by atoms with Gasteiger partial charge in [0.1, 0.15) is 0 Å². The second-order valence-electron chi connectivity index (χ2n) is 5.98. The average Bonchev–Trinajstić information content (AvgIpc) is 2.37. The molecule has 0 radical (unpaired) electrons. The second-order valence-corrected chi connectivity index (χ2v) is 8.19. The molecule has 3 N–H and O–H groups in total. The van der Waals surface area contributed by atoms with Crippen LogP contribution in [0.3, 0.4) is 0 Å². The third kappa shape index (κ3) is 6.27. The highest BCUT2D eigenvalue weighted by Crippen LogP contribution is 2.18. The summed E-state index contributed by atoms with van der Waals surface area (Å²) < 4.78 is 11.9. The van der Waals surface area contributed by atoms with Crippen LogP contribution in [0.25, 0.3) is 0 Å². The first-order chi connectivity index (χ1) is 9.72.